The van der Waals surface area contributed by atoms with Crippen LogP contribution in [0.25, 0.3) is 0 Å². The number of phosphoric ester groups is 1. The van der Waals surface area contributed by atoms with Gasteiger partial charge in [-0.3, -0.25) is 18.6 Å². The quantitative estimate of drug-likeness (QED) is 0.0205. The molecule has 0 fully saturated rings. The minimum atomic E-state index is -4.46. The second-order valence-electron chi connectivity index (χ2n) is 25.4. The monoisotopic (exact) mass is 1200 g/mol. The van der Waals surface area contributed by atoms with Gasteiger partial charge in [0, 0.05) is 12.8 Å². The van der Waals surface area contributed by atoms with Crippen LogP contribution in [0.5, 0.6) is 0 Å². The predicted molar refractivity (Wildman–Crippen MR) is 365 cm³/mol. The lowest BCUT2D eigenvalue weighted by atomic mass is 10.0. The van der Waals surface area contributed by atoms with Crippen molar-refractivity contribution in [3.05, 3.63) is 72.9 Å². The highest BCUT2D eigenvalue weighted by Crippen LogP contribution is 2.43. The van der Waals surface area contributed by atoms with E-state index in [2.05, 4.69) is 86.8 Å². The molecule has 0 bridgehead atoms. The maximum atomic E-state index is 13.6. The van der Waals surface area contributed by atoms with E-state index in [9.17, 15) is 19.0 Å². The van der Waals surface area contributed by atoms with Crippen LogP contribution in [0.15, 0.2) is 72.9 Å². The minimum Gasteiger partial charge on any atom is -0.456 e. The molecule has 490 valence electrons. The number of hydrogen-bond donors (Lipinski definition) is 2. The molecular weight excluding hydrogens is 1060 g/mol. The number of carbonyl (C=O) groups is 2. The zero-order valence-electron chi connectivity index (χ0n) is 56.1. The van der Waals surface area contributed by atoms with Crippen molar-refractivity contribution in [2.24, 2.45) is 0 Å². The second kappa shape index (κ2) is 63.5. The molecule has 0 saturated heterocycles. The molecule has 10 heteroatoms. The van der Waals surface area contributed by atoms with Gasteiger partial charge in [-0.15, -0.1) is 0 Å². The zero-order chi connectivity index (χ0) is 61.4. The molecule has 0 aliphatic rings. The molecule has 2 N–H and O–H groups in total. The predicted octanol–water partition coefficient (Wildman–Crippen LogP) is 22.7. The second-order valence-corrected chi connectivity index (χ2v) is 26.9. The zero-order valence-corrected chi connectivity index (χ0v) is 57.0. The number of rotatable bonds is 65. The molecule has 1 amide bonds. The summed E-state index contributed by atoms with van der Waals surface area (Å²) in [5.41, 5.74) is 0. The van der Waals surface area contributed by atoms with Gasteiger partial charge in [-0.1, -0.05) is 293 Å². The molecule has 3 atom stereocenters. The Morgan fingerprint density at radius 3 is 1.13 bits per heavy atom. The number of amides is 1. The molecule has 3 unspecified atom stereocenters. The van der Waals surface area contributed by atoms with Crippen LogP contribution in [-0.4, -0.2) is 74.3 Å². The fourth-order valence-electron chi connectivity index (χ4n) is 10.3. The third-order valence-corrected chi connectivity index (χ3v) is 16.9. The Labute approximate surface area is 521 Å². The van der Waals surface area contributed by atoms with E-state index < -0.39 is 20.0 Å². The number of quaternary nitrogens is 1. The lowest BCUT2D eigenvalue weighted by Gasteiger charge is -2.27. The summed E-state index contributed by atoms with van der Waals surface area (Å²) >= 11 is 0. The summed E-state index contributed by atoms with van der Waals surface area (Å²) in [6.45, 7) is 6.99. The van der Waals surface area contributed by atoms with E-state index in [1.807, 2.05) is 33.3 Å². The molecule has 0 aromatic rings. The van der Waals surface area contributed by atoms with E-state index in [0.29, 0.717) is 23.9 Å². The van der Waals surface area contributed by atoms with Crippen molar-refractivity contribution in [3.8, 4) is 0 Å². The van der Waals surface area contributed by atoms with Crippen LogP contribution < -0.4 is 5.32 Å². The van der Waals surface area contributed by atoms with Gasteiger partial charge in [0.25, 0.3) is 0 Å². The first-order chi connectivity index (χ1) is 40.9. The largest absolute Gasteiger partial charge is 0.472 e. The number of phosphoric acid groups is 1. The van der Waals surface area contributed by atoms with Gasteiger partial charge in [0.15, 0.2) is 0 Å². The van der Waals surface area contributed by atoms with E-state index in [4.69, 9.17) is 13.8 Å². The highest BCUT2D eigenvalue weighted by molar-refractivity contribution is 7.47. The Morgan fingerprint density at radius 1 is 0.417 bits per heavy atom. The number of likely N-dealkylation sites (N-methyl/N-ethyl adjacent to an activating group) is 1. The molecule has 0 radical (unpaired) electrons. The van der Waals surface area contributed by atoms with E-state index in [1.54, 1.807) is 0 Å². The van der Waals surface area contributed by atoms with Gasteiger partial charge < -0.3 is 19.4 Å². The van der Waals surface area contributed by atoms with Gasteiger partial charge in [-0.25, -0.2) is 4.57 Å². The molecule has 0 heterocycles. The number of esters is 1. The maximum Gasteiger partial charge on any atom is 0.472 e. The number of nitrogens with zero attached hydrogens (tertiary/aromatic N) is 1. The van der Waals surface area contributed by atoms with Gasteiger partial charge in [0.1, 0.15) is 19.3 Å². The molecule has 0 aromatic carbocycles. The Hall–Kier alpha value is -2.55. The van der Waals surface area contributed by atoms with Crippen molar-refractivity contribution in [2.45, 2.75) is 348 Å². The van der Waals surface area contributed by atoms with Crippen LogP contribution in [0.4, 0.5) is 0 Å². The lowest BCUT2D eigenvalue weighted by Crippen LogP contribution is -2.47. The normalized spacial score (nSPS) is 13.9. The van der Waals surface area contributed by atoms with E-state index in [-0.39, 0.29) is 31.5 Å². The number of unbranched alkanes of at least 4 members (excludes halogenated alkanes) is 39. The third-order valence-electron chi connectivity index (χ3n) is 15.9. The number of allylic oxidation sites excluding steroid dienone is 11. The average Bonchev–Trinajstić information content (AvgIpc) is 3.64. The SMILES string of the molecule is CCCCC/C=C\C/C=C\C/C=C\C/C=C\CCCCCC(=O)NC(COP(=O)(O)OCC[N+](C)(C)C)C(/C=C\CCCCCCCCCCCC)OC(=O)CCCCCCCCCCCCCCCCCCC/C=C/CCCCCCCC. The highest BCUT2D eigenvalue weighted by Gasteiger charge is 2.30. The van der Waals surface area contributed by atoms with Crippen molar-refractivity contribution in [3.63, 3.8) is 0 Å². The van der Waals surface area contributed by atoms with Crippen molar-refractivity contribution in [1.82, 2.24) is 5.32 Å². The van der Waals surface area contributed by atoms with Gasteiger partial charge in [0.05, 0.1) is 33.8 Å². The molecular formula is C74H138N2O7P+. The number of ether oxygens (including phenoxy) is 1. The van der Waals surface area contributed by atoms with Crippen molar-refractivity contribution >= 4 is 19.7 Å². The van der Waals surface area contributed by atoms with Crippen molar-refractivity contribution < 1.29 is 37.3 Å². The summed E-state index contributed by atoms with van der Waals surface area (Å²) < 4.78 is 30.8. The van der Waals surface area contributed by atoms with E-state index in [0.717, 1.165) is 77.0 Å². The van der Waals surface area contributed by atoms with Crippen LogP contribution >= 0.6 is 7.82 Å². The Bertz CT molecular complexity index is 1670. The highest BCUT2D eigenvalue weighted by atomic mass is 31.2. The number of hydrogen-bond acceptors (Lipinski definition) is 6. The van der Waals surface area contributed by atoms with Gasteiger partial charge in [-0.05, 0) is 102 Å². The molecule has 0 aliphatic carbocycles. The summed E-state index contributed by atoms with van der Waals surface area (Å²) in [6.07, 6.45) is 83.5. The first-order valence-corrected chi connectivity index (χ1v) is 37.3. The molecule has 84 heavy (non-hydrogen) atoms. The fourth-order valence-corrected chi connectivity index (χ4v) is 11.1. The summed E-state index contributed by atoms with van der Waals surface area (Å²) in [7, 11) is 1.48. The standard InChI is InChI=1S/C74H137N2O7P/c1-7-10-13-16-19-22-25-28-30-32-34-35-36-37-38-39-40-41-43-45-47-49-52-55-58-61-64-67-74(78)83-72(65-62-59-56-53-50-27-24-21-18-15-12-9-3)71(70-82-84(79,80)81-69-68-76(4,5)6)75-73(77)66-63-60-57-54-51-48-46-44-42-33-31-29-26-23-20-17-14-11-8-2/h20,23,28-31,42,44,48,51,62,65,71-72H,7-19,21-22,24-27,32-41,43,45-47,49-50,52-61,63-64,66-70H2,1-6H3,(H-,75,77,79,80)/p+1/b23-20-,30-28+,31-29-,44-42-,51-48-,65-62-. The summed E-state index contributed by atoms with van der Waals surface area (Å²) in [4.78, 5) is 37.9. The average molecular weight is 1200 g/mol. The van der Waals surface area contributed by atoms with Gasteiger partial charge >= 0.3 is 13.8 Å². The topological polar surface area (TPSA) is 111 Å². The Kier molecular flexibility index (Phi) is 61.5. The maximum absolute atomic E-state index is 13.6. The lowest BCUT2D eigenvalue weighted by molar-refractivity contribution is -0.870. The van der Waals surface area contributed by atoms with Gasteiger partial charge in [0.2, 0.25) is 5.91 Å². The minimum absolute atomic E-state index is 0.0328. The smallest absolute Gasteiger partial charge is 0.456 e. The fraction of sp³-hybridized carbons (Fsp3) is 0.811. The Balaban J connectivity index is 5.05. The van der Waals surface area contributed by atoms with Crippen LogP contribution in [0.1, 0.15) is 335 Å². The van der Waals surface area contributed by atoms with Crippen LogP contribution in [0.2, 0.25) is 0 Å². The molecule has 9 nitrogen and oxygen atoms in total. The van der Waals surface area contributed by atoms with Gasteiger partial charge in [-0.2, -0.15) is 0 Å². The molecule has 0 aromatic heterocycles. The first-order valence-electron chi connectivity index (χ1n) is 35.8. The summed E-state index contributed by atoms with van der Waals surface area (Å²) in [6, 6.07) is -0.867. The van der Waals surface area contributed by atoms with Crippen LogP contribution in [0, 0.1) is 0 Å². The molecule has 0 aliphatic heterocycles. The van der Waals surface area contributed by atoms with Crippen LogP contribution in [-0.2, 0) is 27.9 Å². The van der Waals surface area contributed by atoms with E-state index >= 15 is 0 Å². The number of nitrogens with one attached hydrogen (secondary N) is 1. The number of carbonyl (C=O) groups excluding carboxylic acids is 2. The molecule has 0 rings (SSSR count). The van der Waals surface area contributed by atoms with Crippen molar-refractivity contribution in [1.29, 1.82) is 0 Å². The van der Waals surface area contributed by atoms with Crippen LogP contribution in [0.3, 0.4) is 0 Å². The van der Waals surface area contributed by atoms with Crippen molar-refractivity contribution in [2.75, 3.05) is 40.9 Å². The summed E-state index contributed by atoms with van der Waals surface area (Å²) in [5.74, 6) is -0.531. The summed E-state index contributed by atoms with van der Waals surface area (Å²) in [5, 5.41) is 3.05. The Morgan fingerprint density at radius 2 is 0.726 bits per heavy atom. The first kappa shape index (κ1) is 81.5. The molecule has 0 spiro atoms. The third kappa shape index (κ3) is 63.9. The van der Waals surface area contributed by atoms with E-state index in [1.165, 1.54) is 218 Å². The molecule has 0 saturated carbocycles.